The van der Waals surface area contributed by atoms with Crippen molar-refractivity contribution in [2.75, 3.05) is 33.2 Å². The number of halogens is 1. The van der Waals surface area contributed by atoms with E-state index < -0.39 is 10.0 Å². The van der Waals surface area contributed by atoms with Crippen molar-refractivity contribution < 1.29 is 13.2 Å². The predicted molar refractivity (Wildman–Crippen MR) is 119 cm³/mol. The molecule has 1 aromatic carbocycles. The van der Waals surface area contributed by atoms with Crippen LogP contribution in [0.4, 0.5) is 0 Å². The van der Waals surface area contributed by atoms with Crippen LogP contribution in [0.25, 0.3) is 0 Å². The molecule has 0 unspecified atom stereocenters. The SMILES string of the molecule is CCNC(=NCc1cccc(S(N)(=O)=O)c1)N(C)CC(=O)N(CC)CC.I. The van der Waals surface area contributed by atoms with Gasteiger partial charge in [-0.15, -0.1) is 24.0 Å². The second-order valence-corrected chi connectivity index (χ2v) is 7.35. The molecule has 10 heteroatoms. The van der Waals surface area contributed by atoms with E-state index in [0.717, 1.165) is 5.56 Å². The zero-order chi connectivity index (χ0) is 19.7. The number of carbonyl (C=O) groups is 1. The zero-order valence-corrected chi connectivity index (χ0v) is 19.5. The van der Waals surface area contributed by atoms with E-state index in [1.165, 1.54) is 12.1 Å². The Morgan fingerprint density at radius 3 is 2.37 bits per heavy atom. The van der Waals surface area contributed by atoms with Crippen LogP contribution in [0, 0.1) is 0 Å². The molecule has 27 heavy (non-hydrogen) atoms. The molecule has 0 saturated carbocycles. The average Bonchev–Trinajstić information content (AvgIpc) is 2.59. The van der Waals surface area contributed by atoms with E-state index in [2.05, 4.69) is 10.3 Å². The van der Waals surface area contributed by atoms with Gasteiger partial charge in [-0.05, 0) is 38.5 Å². The highest BCUT2D eigenvalue weighted by Crippen LogP contribution is 2.10. The molecule has 154 valence electrons. The van der Waals surface area contributed by atoms with Crippen LogP contribution in [-0.2, 0) is 21.4 Å². The molecule has 1 aromatic rings. The normalized spacial score (nSPS) is 11.5. The molecule has 1 amide bonds. The first-order valence-electron chi connectivity index (χ1n) is 8.61. The highest BCUT2D eigenvalue weighted by molar-refractivity contribution is 14.0. The number of nitrogens with zero attached hydrogens (tertiary/aromatic N) is 3. The van der Waals surface area contributed by atoms with Gasteiger partial charge in [-0.1, -0.05) is 12.1 Å². The molecule has 0 aliphatic heterocycles. The fourth-order valence-electron chi connectivity index (χ4n) is 2.41. The van der Waals surface area contributed by atoms with Crippen molar-refractivity contribution in [3.05, 3.63) is 29.8 Å². The molecular formula is C17H30IN5O3S. The first-order valence-corrected chi connectivity index (χ1v) is 10.2. The molecule has 0 saturated heterocycles. The molecule has 3 N–H and O–H groups in total. The first kappa shape index (κ1) is 25.6. The van der Waals surface area contributed by atoms with Gasteiger partial charge in [0.2, 0.25) is 15.9 Å². The van der Waals surface area contributed by atoms with Crippen molar-refractivity contribution in [3.63, 3.8) is 0 Å². The summed E-state index contributed by atoms with van der Waals surface area (Å²) >= 11 is 0. The van der Waals surface area contributed by atoms with E-state index in [-0.39, 0.29) is 47.9 Å². The molecular weight excluding hydrogens is 481 g/mol. The number of hydrogen-bond donors (Lipinski definition) is 2. The summed E-state index contributed by atoms with van der Waals surface area (Å²) in [6.45, 7) is 8.30. The van der Waals surface area contributed by atoms with Gasteiger partial charge in [0.1, 0.15) is 0 Å². The molecule has 0 aromatic heterocycles. The number of benzene rings is 1. The Kier molecular flexibility index (Phi) is 11.5. The minimum atomic E-state index is -3.75. The number of guanidine groups is 1. The van der Waals surface area contributed by atoms with E-state index >= 15 is 0 Å². The summed E-state index contributed by atoms with van der Waals surface area (Å²) in [4.78, 5) is 20.3. The standard InChI is InChI=1S/C17H29N5O3S.HI/c1-5-19-17(21(4)13-16(23)22(6-2)7-3)20-12-14-9-8-10-15(11-14)26(18,24)25;/h8-11H,5-7,12-13H2,1-4H3,(H,19,20)(H2,18,24,25);1H. The highest BCUT2D eigenvalue weighted by Gasteiger charge is 2.15. The van der Waals surface area contributed by atoms with Crippen molar-refractivity contribution in [3.8, 4) is 0 Å². The van der Waals surface area contributed by atoms with Crippen LogP contribution >= 0.6 is 24.0 Å². The zero-order valence-electron chi connectivity index (χ0n) is 16.3. The Morgan fingerprint density at radius 2 is 1.85 bits per heavy atom. The predicted octanol–water partition coefficient (Wildman–Crippen LogP) is 1.22. The van der Waals surface area contributed by atoms with Gasteiger partial charge in [-0.25, -0.2) is 18.5 Å². The quantitative estimate of drug-likeness (QED) is 0.310. The van der Waals surface area contributed by atoms with E-state index in [0.29, 0.717) is 25.6 Å². The van der Waals surface area contributed by atoms with Gasteiger partial charge >= 0.3 is 0 Å². The maximum absolute atomic E-state index is 12.3. The molecule has 0 fully saturated rings. The summed E-state index contributed by atoms with van der Waals surface area (Å²) in [6.07, 6.45) is 0. The largest absolute Gasteiger partial charge is 0.357 e. The monoisotopic (exact) mass is 511 g/mol. The number of hydrogen-bond acceptors (Lipinski definition) is 4. The van der Waals surface area contributed by atoms with Crippen LogP contribution in [0.15, 0.2) is 34.2 Å². The maximum Gasteiger partial charge on any atom is 0.242 e. The van der Waals surface area contributed by atoms with E-state index in [4.69, 9.17) is 5.14 Å². The molecule has 0 radical (unpaired) electrons. The van der Waals surface area contributed by atoms with Crippen molar-refractivity contribution in [1.29, 1.82) is 0 Å². The van der Waals surface area contributed by atoms with Gasteiger partial charge < -0.3 is 15.1 Å². The van der Waals surface area contributed by atoms with Crippen molar-refractivity contribution in [2.24, 2.45) is 10.1 Å². The van der Waals surface area contributed by atoms with Crippen LogP contribution in [0.5, 0.6) is 0 Å². The lowest BCUT2D eigenvalue weighted by Gasteiger charge is -2.25. The first-order chi connectivity index (χ1) is 12.2. The number of amides is 1. The lowest BCUT2D eigenvalue weighted by atomic mass is 10.2. The maximum atomic E-state index is 12.3. The summed E-state index contributed by atoms with van der Waals surface area (Å²) in [5, 5.41) is 8.30. The van der Waals surface area contributed by atoms with Crippen molar-refractivity contribution in [1.82, 2.24) is 15.1 Å². The van der Waals surface area contributed by atoms with E-state index in [9.17, 15) is 13.2 Å². The summed E-state index contributed by atoms with van der Waals surface area (Å²) in [7, 11) is -1.95. The van der Waals surface area contributed by atoms with Gasteiger partial charge in [0, 0.05) is 26.7 Å². The lowest BCUT2D eigenvalue weighted by molar-refractivity contribution is -0.131. The van der Waals surface area contributed by atoms with Crippen molar-refractivity contribution >= 4 is 45.9 Å². The topological polar surface area (TPSA) is 108 Å². The van der Waals surface area contributed by atoms with Crippen LogP contribution in [0.3, 0.4) is 0 Å². The van der Waals surface area contributed by atoms with Crippen LogP contribution in [0.2, 0.25) is 0 Å². The number of likely N-dealkylation sites (N-methyl/N-ethyl adjacent to an activating group) is 2. The minimum Gasteiger partial charge on any atom is -0.357 e. The van der Waals surface area contributed by atoms with Crippen molar-refractivity contribution in [2.45, 2.75) is 32.2 Å². The van der Waals surface area contributed by atoms with Gasteiger partial charge in [-0.3, -0.25) is 4.79 Å². The fraction of sp³-hybridized carbons (Fsp3) is 0.529. The lowest BCUT2D eigenvalue weighted by Crippen LogP contribution is -2.45. The number of aliphatic imine (C=N–C) groups is 1. The number of nitrogens with one attached hydrogen (secondary N) is 1. The minimum absolute atomic E-state index is 0. The molecule has 8 nitrogen and oxygen atoms in total. The third-order valence-corrected chi connectivity index (χ3v) is 4.73. The van der Waals surface area contributed by atoms with Gasteiger partial charge in [-0.2, -0.15) is 0 Å². The molecule has 0 atom stereocenters. The second-order valence-electron chi connectivity index (χ2n) is 5.78. The van der Waals surface area contributed by atoms with Gasteiger partial charge in [0.15, 0.2) is 5.96 Å². The van der Waals surface area contributed by atoms with Gasteiger partial charge in [0.05, 0.1) is 18.0 Å². The Morgan fingerprint density at radius 1 is 1.22 bits per heavy atom. The third-order valence-electron chi connectivity index (χ3n) is 3.82. The summed E-state index contributed by atoms with van der Waals surface area (Å²) in [5.41, 5.74) is 0.718. The number of carbonyl (C=O) groups excluding carboxylic acids is 1. The van der Waals surface area contributed by atoms with Crippen LogP contribution < -0.4 is 10.5 Å². The second kappa shape index (κ2) is 12.1. The van der Waals surface area contributed by atoms with E-state index in [1.54, 1.807) is 29.0 Å². The highest BCUT2D eigenvalue weighted by atomic mass is 127. The Labute approximate surface area is 179 Å². The number of nitrogens with two attached hydrogens (primary N) is 1. The van der Waals surface area contributed by atoms with Gasteiger partial charge in [0.25, 0.3) is 0 Å². The third kappa shape index (κ3) is 8.43. The molecule has 0 aliphatic carbocycles. The summed E-state index contributed by atoms with van der Waals surface area (Å²) in [5.74, 6) is 0.605. The summed E-state index contributed by atoms with van der Waals surface area (Å²) in [6, 6.07) is 6.36. The molecule has 0 aliphatic rings. The molecule has 0 heterocycles. The summed E-state index contributed by atoms with van der Waals surface area (Å²) < 4.78 is 22.9. The molecule has 1 rings (SSSR count). The van der Waals surface area contributed by atoms with E-state index in [1.807, 2.05) is 20.8 Å². The number of primary sulfonamides is 1. The fourth-order valence-corrected chi connectivity index (χ4v) is 2.99. The Bertz CT molecular complexity index is 736. The van der Waals surface area contributed by atoms with Crippen LogP contribution in [-0.4, -0.2) is 63.3 Å². The smallest absolute Gasteiger partial charge is 0.242 e. The molecule has 0 spiro atoms. The number of sulfonamides is 1. The van der Waals surface area contributed by atoms with Crippen LogP contribution in [0.1, 0.15) is 26.3 Å². The number of rotatable bonds is 8. The Hall–Kier alpha value is -1.40. The Balaban J connectivity index is 0.00000676. The molecule has 0 bridgehead atoms. The average molecular weight is 511 g/mol.